The Kier molecular flexibility index (Phi) is 7.27. The smallest absolute Gasteiger partial charge is 0.340 e. The number of esters is 3. The molecule has 0 aliphatic carbocycles. The number of rotatable bonds is 7. The van der Waals surface area contributed by atoms with E-state index < -0.39 is 41.8 Å². The van der Waals surface area contributed by atoms with E-state index >= 15 is 0 Å². The van der Waals surface area contributed by atoms with Crippen LogP contribution in [0.5, 0.6) is 0 Å². The van der Waals surface area contributed by atoms with Crippen LogP contribution in [-0.4, -0.2) is 43.0 Å². The van der Waals surface area contributed by atoms with Crippen LogP contribution in [0.3, 0.4) is 0 Å². The Morgan fingerprint density at radius 2 is 1.11 bits per heavy atom. The standard InChI is InChI=1S/C28H26O7/c1-28(2)23(34-25(30)20-14-8-4-9-15-20)22(18-32-24(29)19-12-6-3-7-13-19)33-27(28)35-26(31)21-16-10-5-11-17-21/h3-17,22-23,27H,18H2,1-2H3/t22-,23-,27?/m1/s1. The molecule has 1 saturated heterocycles. The largest absolute Gasteiger partial charge is 0.459 e. The van der Waals surface area contributed by atoms with Crippen molar-refractivity contribution in [1.29, 1.82) is 0 Å². The van der Waals surface area contributed by atoms with E-state index in [0.717, 1.165) is 0 Å². The van der Waals surface area contributed by atoms with Crippen molar-refractivity contribution < 1.29 is 33.3 Å². The molecule has 1 unspecified atom stereocenters. The Bertz CT molecular complexity index is 1160. The average molecular weight is 475 g/mol. The number of carbonyl (C=O) groups is 3. The molecule has 0 aromatic heterocycles. The first-order chi connectivity index (χ1) is 16.9. The minimum atomic E-state index is -1.04. The van der Waals surface area contributed by atoms with Gasteiger partial charge in [0.2, 0.25) is 6.29 Å². The van der Waals surface area contributed by atoms with Gasteiger partial charge in [-0.3, -0.25) is 0 Å². The summed E-state index contributed by atoms with van der Waals surface area (Å²) >= 11 is 0. The van der Waals surface area contributed by atoms with Gasteiger partial charge in [0.15, 0.2) is 0 Å². The van der Waals surface area contributed by atoms with Gasteiger partial charge in [-0.1, -0.05) is 68.4 Å². The van der Waals surface area contributed by atoms with Crippen molar-refractivity contribution in [1.82, 2.24) is 0 Å². The average Bonchev–Trinajstić information content (AvgIpc) is 3.12. The summed E-state index contributed by atoms with van der Waals surface area (Å²) < 4.78 is 23.0. The fourth-order valence-corrected chi connectivity index (χ4v) is 3.87. The van der Waals surface area contributed by atoms with Crippen molar-refractivity contribution in [3.8, 4) is 0 Å². The molecular formula is C28H26O7. The van der Waals surface area contributed by atoms with Crippen molar-refractivity contribution >= 4 is 17.9 Å². The maximum Gasteiger partial charge on any atom is 0.340 e. The minimum absolute atomic E-state index is 0.191. The molecule has 3 atom stereocenters. The van der Waals surface area contributed by atoms with E-state index in [0.29, 0.717) is 16.7 Å². The molecule has 0 bridgehead atoms. The van der Waals surface area contributed by atoms with Crippen molar-refractivity contribution in [2.75, 3.05) is 6.61 Å². The molecule has 0 spiro atoms. The highest BCUT2D eigenvalue weighted by Gasteiger charge is 2.55. The highest BCUT2D eigenvalue weighted by molar-refractivity contribution is 5.90. The number of carbonyl (C=O) groups excluding carboxylic acids is 3. The lowest BCUT2D eigenvalue weighted by atomic mass is 9.85. The number of benzene rings is 3. The molecule has 0 N–H and O–H groups in total. The highest BCUT2D eigenvalue weighted by atomic mass is 16.7. The molecule has 180 valence electrons. The van der Waals surface area contributed by atoms with Crippen LogP contribution in [0.4, 0.5) is 0 Å². The van der Waals surface area contributed by atoms with Crippen LogP contribution >= 0.6 is 0 Å². The van der Waals surface area contributed by atoms with E-state index in [2.05, 4.69) is 0 Å². The molecule has 3 aromatic rings. The summed E-state index contributed by atoms with van der Waals surface area (Å²) in [5.74, 6) is -1.66. The van der Waals surface area contributed by atoms with Crippen LogP contribution in [0.15, 0.2) is 91.0 Å². The molecule has 1 heterocycles. The van der Waals surface area contributed by atoms with Crippen molar-refractivity contribution in [2.24, 2.45) is 5.41 Å². The first kappa shape index (κ1) is 24.2. The molecule has 0 radical (unpaired) electrons. The van der Waals surface area contributed by atoms with Gasteiger partial charge in [0.25, 0.3) is 0 Å². The first-order valence-electron chi connectivity index (χ1n) is 11.3. The fourth-order valence-electron chi connectivity index (χ4n) is 3.87. The lowest BCUT2D eigenvalue weighted by molar-refractivity contribution is -0.140. The molecule has 0 saturated carbocycles. The molecule has 0 amide bonds. The third-order valence-electron chi connectivity index (χ3n) is 5.83. The van der Waals surface area contributed by atoms with Gasteiger partial charge < -0.3 is 18.9 Å². The van der Waals surface area contributed by atoms with Crippen LogP contribution in [0, 0.1) is 5.41 Å². The Balaban J connectivity index is 1.53. The normalized spacial score (nSPS) is 20.6. The van der Waals surface area contributed by atoms with Crippen molar-refractivity contribution in [3.05, 3.63) is 108 Å². The zero-order valence-corrected chi connectivity index (χ0v) is 19.5. The van der Waals surface area contributed by atoms with E-state index in [1.165, 1.54) is 0 Å². The highest BCUT2D eigenvalue weighted by Crippen LogP contribution is 2.42. The number of ether oxygens (including phenoxy) is 4. The van der Waals surface area contributed by atoms with Crippen molar-refractivity contribution in [2.45, 2.75) is 32.3 Å². The SMILES string of the molecule is CC1(C)C(OC(=O)c2ccccc2)O[C@H](COC(=O)c2ccccc2)[C@H]1OC(=O)c1ccccc1. The van der Waals surface area contributed by atoms with E-state index in [-0.39, 0.29) is 6.61 Å². The topological polar surface area (TPSA) is 88.1 Å². The predicted molar refractivity (Wildman–Crippen MR) is 127 cm³/mol. The summed E-state index contributed by atoms with van der Waals surface area (Å²) in [5, 5.41) is 0. The predicted octanol–water partition coefficient (Wildman–Crippen LogP) is 4.68. The Morgan fingerprint density at radius 1 is 0.686 bits per heavy atom. The lowest BCUT2D eigenvalue weighted by Crippen LogP contribution is -2.42. The zero-order valence-electron chi connectivity index (χ0n) is 19.5. The fraction of sp³-hybridized carbons (Fsp3) is 0.250. The van der Waals surface area contributed by atoms with Crippen LogP contribution < -0.4 is 0 Å². The molecule has 4 rings (SSSR count). The first-order valence-corrected chi connectivity index (χ1v) is 11.3. The summed E-state index contributed by atoms with van der Waals surface area (Å²) in [6.07, 6.45) is -2.74. The minimum Gasteiger partial charge on any atom is -0.459 e. The molecule has 35 heavy (non-hydrogen) atoms. The Morgan fingerprint density at radius 3 is 1.60 bits per heavy atom. The molecule has 1 aliphatic rings. The zero-order chi connectivity index (χ0) is 24.8. The third kappa shape index (κ3) is 5.58. The summed E-state index contributed by atoms with van der Waals surface area (Å²) in [4.78, 5) is 38.0. The Hall–Kier alpha value is -3.97. The van der Waals surface area contributed by atoms with Gasteiger partial charge in [-0.05, 0) is 36.4 Å². The quantitative estimate of drug-likeness (QED) is 0.363. The summed E-state index contributed by atoms with van der Waals surface area (Å²) in [7, 11) is 0. The second kappa shape index (κ2) is 10.5. The Labute approximate surface area is 203 Å². The van der Waals surface area contributed by atoms with Crippen LogP contribution in [0.25, 0.3) is 0 Å². The van der Waals surface area contributed by atoms with Gasteiger partial charge in [0.05, 0.1) is 22.1 Å². The van der Waals surface area contributed by atoms with Gasteiger partial charge >= 0.3 is 17.9 Å². The van der Waals surface area contributed by atoms with Gasteiger partial charge in [-0.15, -0.1) is 0 Å². The van der Waals surface area contributed by atoms with Gasteiger partial charge in [0.1, 0.15) is 18.8 Å². The molecule has 1 fully saturated rings. The summed E-state index contributed by atoms with van der Waals surface area (Å²) in [6, 6.07) is 25.6. The van der Waals surface area contributed by atoms with E-state index in [1.807, 2.05) is 0 Å². The monoisotopic (exact) mass is 474 g/mol. The molecule has 1 aliphatic heterocycles. The molecular weight excluding hydrogens is 448 g/mol. The van der Waals surface area contributed by atoms with Crippen LogP contribution in [0.2, 0.25) is 0 Å². The molecule has 7 heteroatoms. The third-order valence-corrected chi connectivity index (χ3v) is 5.83. The van der Waals surface area contributed by atoms with E-state index in [9.17, 15) is 14.4 Å². The van der Waals surface area contributed by atoms with Crippen LogP contribution in [-0.2, 0) is 18.9 Å². The van der Waals surface area contributed by atoms with Crippen LogP contribution in [0.1, 0.15) is 44.9 Å². The number of hydrogen-bond donors (Lipinski definition) is 0. The second-order valence-electron chi connectivity index (χ2n) is 8.76. The maximum absolute atomic E-state index is 12.9. The molecule has 7 nitrogen and oxygen atoms in total. The van der Waals surface area contributed by atoms with E-state index in [1.54, 1.807) is 105 Å². The maximum atomic E-state index is 12.9. The van der Waals surface area contributed by atoms with E-state index in [4.69, 9.17) is 18.9 Å². The summed E-state index contributed by atoms with van der Waals surface area (Å²) in [6.45, 7) is 3.36. The summed E-state index contributed by atoms with van der Waals surface area (Å²) in [5.41, 5.74) is 0.185. The molecule has 3 aromatic carbocycles. The van der Waals surface area contributed by atoms with Gasteiger partial charge in [-0.2, -0.15) is 0 Å². The van der Waals surface area contributed by atoms with Gasteiger partial charge in [-0.25, -0.2) is 14.4 Å². The van der Waals surface area contributed by atoms with Gasteiger partial charge in [0, 0.05) is 0 Å². The lowest BCUT2D eigenvalue weighted by Gasteiger charge is -2.30. The number of hydrogen-bond acceptors (Lipinski definition) is 7. The second-order valence-corrected chi connectivity index (χ2v) is 8.76. The van der Waals surface area contributed by atoms with Crippen molar-refractivity contribution in [3.63, 3.8) is 0 Å².